The third kappa shape index (κ3) is 3.57. The van der Waals surface area contributed by atoms with E-state index in [9.17, 15) is 4.79 Å². The van der Waals surface area contributed by atoms with E-state index in [0.717, 1.165) is 44.9 Å². The third-order valence-corrected chi connectivity index (χ3v) is 5.21. The number of amides is 2. The number of piperazine rings is 1. The fourth-order valence-corrected chi connectivity index (χ4v) is 3.70. The molecular weight excluding hydrogens is 306 g/mol. The molecule has 0 aromatic carbocycles. The molecule has 24 heavy (non-hydrogen) atoms. The summed E-state index contributed by atoms with van der Waals surface area (Å²) < 4.78 is 7.72. The Balaban J connectivity index is 1.64. The quantitative estimate of drug-likeness (QED) is 0.903. The summed E-state index contributed by atoms with van der Waals surface area (Å²) in [6.07, 6.45) is 6.04. The molecule has 2 aliphatic heterocycles. The molecule has 0 unspecified atom stereocenters. The molecule has 3 atom stereocenters. The van der Waals surface area contributed by atoms with Crippen LogP contribution in [0.2, 0.25) is 0 Å². The molecule has 2 fully saturated rings. The zero-order chi connectivity index (χ0) is 17.1. The van der Waals surface area contributed by atoms with Crippen LogP contribution in [0.3, 0.4) is 0 Å². The van der Waals surface area contributed by atoms with E-state index in [0.29, 0.717) is 6.54 Å². The van der Waals surface area contributed by atoms with E-state index in [4.69, 9.17) is 4.74 Å². The van der Waals surface area contributed by atoms with Crippen molar-refractivity contribution in [1.29, 1.82) is 0 Å². The van der Waals surface area contributed by atoms with Gasteiger partial charge in [0, 0.05) is 45.7 Å². The number of urea groups is 1. The van der Waals surface area contributed by atoms with Crippen LogP contribution in [0.15, 0.2) is 12.4 Å². The molecule has 2 amide bonds. The van der Waals surface area contributed by atoms with Crippen molar-refractivity contribution >= 4 is 6.03 Å². The van der Waals surface area contributed by atoms with E-state index < -0.39 is 0 Å². The topological polar surface area (TPSA) is 62.6 Å². The highest BCUT2D eigenvalue weighted by molar-refractivity contribution is 5.74. The number of carbonyl (C=O) groups excluding carboxylic acids is 1. The number of aryl methyl sites for hydroxylation is 1. The molecule has 2 aliphatic rings. The van der Waals surface area contributed by atoms with E-state index in [-0.39, 0.29) is 24.2 Å². The third-order valence-electron chi connectivity index (χ3n) is 5.21. The van der Waals surface area contributed by atoms with E-state index in [1.54, 1.807) is 0 Å². The average molecular weight is 335 g/mol. The lowest BCUT2D eigenvalue weighted by Gasteiger charge is -2.41. The number of hydrogen-bond donors (Lipinski definition) is 1. The van der Waals surface area contributed by atoms with Gasteiger partial charge in [-0.1, -0.05) is 6.92 Å². The molecule has 134 valence electrons. The summed E-state index contributed by atoms with van der Waals surface area (Å²) >= 11 is 0. The summed E-state index contributed by atoms with van der Waals surface area (Å²) in [6, 6.07) is 0.205. The van der Waals surface area contributed by atoms with Gasteiger partial charge in [-0.15, -0.1) is 0 Å². The number of likely N-dealkylation sites (N-methyl/N-ethyl adjacent to an activating group) is 1. The molecule has 7 heteroatoms. The van der Waals surface area contributed by atoms with Crippen LogP contribution in [0, 0.1) is 0 Å². The minimum Gasteiger partial charge on any atom is -0.376 e. The van der Waals surface area contributed by atoms with Gasteiger partial charge in [0.15, 0.2) is 0 Å². The smallest absolute Gasteiger partial charge is 0.317 e. The van der Waals surface area contributed by atoms with Crippen molar-refractivity contribution in [3.63, 3.8) is 0 Å². The molecule has 1 aromatic rings. The largest absolute Gasteiger partial charge is 0.376 e. The molecule has 0 aliphatic carbocycles. The average Bonchev–Trinajstić information content (AvgIpc) is 3.25. The number of ether oxygens (including phenoxy) is 1. The molecule has 0 bridgehead atoms. The standard InChI is InChI=1S/C17H29N5O2/c1-4-21-9-10-22(12-14(21)16-18-7-8-20(16)3)17(23)19-13(2)15-6-5-11-24-15/h7-8,13-15H,4-6,9-12H2,1-3H3,(H,19,23)/t13-,14+,15-/m1/s1. The second kappa shape index (κ2) is 7.53. The van der Waals surface area contributed by atoms with E-state index >= 15 is 0 Å². The molecule has 0 spiro atoms. The second-order valence-corrected chi connectivity index (χ2v) is 6.78. The summed E-state index contributed by atoms with van der Waals surface area (Å²) in [5, 5.41) is 3.12. The number of imidazole rings is 1. The lowest BCUT2D eigenvalue weighted by molar-refractivity contribution is 0.0701. The number of aromatic nitrogens is 2. The van der Waals surface area contributed by atoms with Gasteiger partial charge in [0.1, 0.15) is 5.82 Å². The minimum absolute atomic E-state index is 0.00737. The molecule has 1 aromatic heterocycles. The summed E-state index contributed by atoms with van der Waals surface area (Å²) in [5.74, 6) is 1.02. The first-order valence-corrected chi connectivity index (χ1v) is 8.98. The molecule has 2 saturated heterocycles. The molecule has 1 N–H and O–H groups in total. The molecule has 0 saturated carbocycles. The molecule has 3 rings (SSSR count). The predicted molar refractivity (Wildman–Crippen MR) is 91.7 cm³/mol. The summed E-state index contributed by atoms with van der Waals surface area (Å²) in [7, 11) is 2.01. The van der Waals surface area contributed by atoms with Gasteiger partial charge in [0.05, 0.1) is 18.2 Å². The Kier molecular flexibility index (Phi) is 5.40. The van der Waals surface area contributed by atoms with Gasteiger partial charge in [-0.25, -0.2) is 9.78 Å². The van der Waals surface area contributed by atoms with Crippen LogP contribution in [0.5, 0.6) is 0 Å². The van der Waals surface area contributed by atoms with Crippen molar-refractivity contribution < 1.29 is 9.53 Å². The van der Waals surface area contributed by atoms with Gasteiger partial charge < -0.3 is 19.5 Å². The van der Waals surface area contributed by atoms with Gasteiger partial charge in [0.2, 0.25) is 0 Å². The van der Waals surface area contributed by atoms with Gasteiger partial charge in [-0.2, -0.15) is 0 Å². The maximum absolute atomic E-state index is 12.7. The highest BCUT2D eigenvalue weighted by atomic mass is 16.5. The molecule has 7 nitrogen and oxygen atoms in total. The highest BCUT2D eigenvalue weighted by Gasteiger charge is 2.33. The summed E-state index contributed by atoms with van der Waals surface area (Å²) in [5.41, 5.74) is 0. The first-order chi connectivity index (χ1) is 11.6. The van der Waals surface area contributed by atoms with Crippen LogP contribution in [0.4, 0.5) is 4.79 Å². The molecular formula is C17H29N5O2. The Bertz CT molecular complexity index is 555. The zero-order valence-electron chi connectivity index (χ0n) is 14.9. The Morgan fingerprint density at radius 3 is 2.96 bits per heavy atom. The van der Waals surface area contributed by atoms with Crippen molar-refractivity contribution in [2.45, 2.75) is 44.9 Å². The SMILES string of the molecule is CCN1CCN(C(=O)N[C@H](C)[C@H]2CCCO2)C[C@H]1c1nccn1C. The normalized spacial score (nSPS) is 26.5. The maximum atomic E-state index is 12.7. The van der Waals surface area contributed by atoms with Crippen molar-refractivity contribution in [3.05, 3.63) is 18.2 Å². The Labute approximate surface area is 144 Å². The lowest BCUT2D eigenvalue weighted by Crippen LogP contribution is -2.55. The van der Waals surface area contributed by atoms with Crippen LogP contribution in [0.1, 0.15) is 38.6 Å². The lowest BCUT2D eigenvalue weighted by atomic mass is 10.1. The van der Waals surface area contributed by atoms with Crippen LogP contribution in [-0.4, -0.2) is 70.3 Å². The van der Waals surface area contributed by atoms with Crippen molar-refractivity contribution in [2.24, 2.45) is 7.05 Å². The Morgan fingerprint density at radius 2 is 2.33 bits per heavy atom. The first kappa shape index (κ1) is 17.2. The number of nitrogens with zero attached hydrogens (tertiary/aromatic N) is 4. The van der Waals surface area contributed by atoms with Crippen LogP contribution in [0.25, 0.3) is 0 Å². The van der Waals surface area contributed by atoms with Crippen LogP contribution in [-0.2, 0) is 11.8 Å². The van der Waals surface area contributed by atoms with Crippen LogP contribution >= 0.6 is 0 Å². The number of nitrogens with one attached hydrogen (secondary N) is 1. The highest BCUT2D eigenvalue weighted by Crippen LogP contribution is 2.24. The summed E-state index contributed by atoms with van der Waals surface area (Å²) in [6.45, 7) is 8.25. The predicted octanol–water partition coefficient (Wildman–Crippen LogP) is 1.38. The number of carbonyl (C=O) groups is 1. The van der Waals surface area contributed by atoms with Gasteiger partial charge >= 0.3 is 6.03 Å². The molecule has 0 radical (unpaired) electrons. The van der Waals surface area contributed by atoms with Gasteiger partial charge in [-0.3, -0.25) is 4.90 Å². The van der Waals surface area contributed by atoms with Crippen molar-refractivity contribution in [2.75, 3.05) is 32.8 Å². The minimum atomic E-state index is 0.00737. The molecule has 3 heterocycles. The fraction of sp³-hybridized carbons (Fsp3) is 0.765. The number of hydrogen-bond acceptors (Lipinski definition) is 4. The summed E-state index contributed by atoms with van der Waals surface area (Å²) in [4.78, 5) is 21.5. The maximum Gasteiger partial charge on any atom is 0.317 e. The number of rotatable bonds is 4. The van der Waals surface area contributed by atoms with Crippen LogP contribution < -0.4 is 5.32 Å². The van der Waals surface area contributed by atoms with Gasteiger partial charge in [-0.05, 0) is 26.3 Å². The van der Waals surface area contributed by atoms with Crippen molar-refractivity contribution in [1.82, 2.24) is 24.7 Å². The van der Waals surface area contributed by atoms with Crippen molar-refractivity contribution in [3.8, 4) is 0 Å². The monoisotopic (exact) mass is 335 g/mol. The zero-order valence-corrected chi connectivity index (χ0v) is 14.9. The van der Waals surface area contributed by atoms with Gasteiger partial charge in [0.25, 0.3) is 0 Å². The first-order valence-electron chi connectivity index (χ1n) is 8.98. The van der Waals surface area contributed by atoms with E-state index in [2.05, 4.69) is 22.1 Å². The van der Waals surface area contributed by atoms with E-state index in [1.807, 2.05) is 35.8 Å². The Morgan fingerprint density at radius 1 is 1.50 bits per heavy atom. The van der Waals surface area contributed by atoms with E-state index in [1.165, 1.54) is 0 Å². The second-order valence-electron chi connectivity index (χ2n) is 6.78. The fourth-order valence-electron chi connectivity index (χ4n) is 3.70. The Hall–Kier alpha value is -1.60.